The van der Waals surface area contributed by atoms with E-state index < -0.39 is 0 Å². The molecule has 1 aliphatic carbocycles. The van der Waals surface area contributed by atoms with Gasteiger partial charge in [-0.3, -0.25) is 14.5 Å². The first kappa shape index (κ1) is 19.4. The SMILES string of the molecule is CCNC(=O)C1CC(NC(=O)c2csc(C)c2)CN1CC1CCCCC1. The number of nitrogens with one attached hydrogen (secondary N) is 2. The number of rotatable bonds is 6. The minimum Gasteiger partial charge on any atom is -0.355 e. The molecule has 0 radical (unpaired) electrons. The number of carbonyl (C=O) groups is 2. The van der Waals surface area contributed by atoms with Gasteiger partial charge in [0.25, 0.3) is 5.91 Å². The molecule has 5 nitrogen and oxygen atoms in total. The maximum absolute atomic E-state index is 12.5. The number of likely N-dealkylation sites (tertiary alicyclic amines) is 1. The van der Waals surface area contributed by atoms with Crippen molar-refractivity contribution in [1.82, 2.24) is 15.5 Å². The molecule has 2 N–H and O–H groups in total. The summed E-state index contributed by atoms with van der Waals surface area (Å²) in [6, 6.07) is 1.85. The van der Waals surface area contributed by atoms with Gasteiger partial charge in [0.05, 0.1) is 11.6 Å². The summed E-state index contributed by atoms with van der Waals surface area (Å²) in [5.41, 5.74) is 0.729. The summed E-state index contributed by atoms with van der Waals surface area (Å²) in [6.45, 7) is 6.36. The monoisotopic (exact) mass is 377 g/mol. The Morgan fingerprint density at radius 2 is 2.04 bits per heavy atom. The third kappa shape index (κ3) is 4.86. The minimum absolute atomic E-state index is 0.0199. The molecule has 0 bridgehead atoms. The van der Waals surface area contributed by atoms with Crippen LogP contribution in [0.4, 0.5) is 0 Å². The number of nitrogens with zero attached hydrogens (tertiary/aromatic N) is 1. The molecule has 2 unspecified atom stereocenters. The van der Waals surface area contributed by atoms with Crippen LogP contribution in [-0.2, 0) is 4.79 Å². The summed E-state index contributed by atoms with van der Waals surface area (Å²) in [5.74, 6) is 0.773. The number of aryl methyl sites for hydroxylation is 1. The van der Waals surface area contributed by atoms with E-state index in [0.29, 0.717) is 18.9 Å². The molecule has 6 heteroatoms. The van der Waals surface area contributed by atoms with E-state index in [1.165, 1.54) is 32.1 Å². The predicted molar refractivity (Wildman–Crippen MR) is 106 cm³/mol. The molecule has 0 aromatic carbocycles. The van der Waals surface area contributed by atoms with E-state index in [1.807, 2.05) is 25.3 Å². The first-order valence-corrected chi connectivity index (χ1v) is 10.8. The molecule has 2 aliphatic rings. The van der Waals surface area contributed by atoms with Crippen LogP contribution in [0.15, 0.2) is 11.4 Å². The molecule has 1 saturated heterocycles. The van der Waals surface area contributed by atoms with E-state index in [1.54, 1.807) is 11.3 Å². The van der Waals surface area contributed by atoms with Crippen LogP contribution in [0.25, 0.3) is 0 Å². The van der Waals surface area contributed by atoms with Crippen molar-refractivity contribution in [2.45, 2.75) is 64.5 Å². The summed E-state index contributed by atoms with van der Waals surface area (Å²) >= 11 is 1.59. The van der Waals surface area contributed by atoms with Gasteiger partial charge in [0, 0.05) is 35.9 Å². The molecule has 26 heavy (non-hydrogen) atoms. The molecule has 3 rings (SSSR count). The van der Waals surface area contributed by atoms with Crippen molar-refractivity contribution in [3.63, 3.8) is 0 Å². The number of likely N-dealkylation sites (N-methyl/N-ethyl adjacent to an activating group) is 1. The highest BCUT2D eigenvalue weighted by Crippen LogP contribution is 2.28. The van der Waals surface area contributed by atoms with Gasteiger partial charge in [-0.25, -0.2) is 0 Å². The maximum atomic E-state index is 12.5. The van der Waals surface area contributed by atoms with Crippen LogP contribution >= 0.6 is 11.3 Å². The molecule has 1 aromatic rings. The normalized spacial score (nSPS) is 24.5. The number of carbonyl (C=O) groups excluding carboxylic acids is 2. The molecule has 1 saturated carbocycles. The third-order valence-corrected chi connectivity index (χ3v) is 6.46. The van der Waals surface area contributed by atoms with Gasteiger partial charge in [0.15, 0.2) is 0 Å². The van der Waals surface area contributed by atoms with Crippen molar-refractivity contribution >= 4 is 23.2 Å². The van der Waals surface area contributed by atoms with Gasteiger partial charge < -0.3 is 10.6 Å². The Kier molecular flexibility index (Phi) is 6.70. The fraction of sp³-hybridized carbons (Fsp3) is 0.700. The van der Waals surface area contributed by atoms with Gasteiger partial charge in [-0.05, 0) is 45.1 Å². The van der Waals surface area contributed by atoms with Crippen molar-refractivity contribution < 1.29 is 9.59 Å². The summed E-state index contributed by atoms with van der Waals surface area (Å²) in [6.07, 6.45) is 7.19. The fourth-order valence-electron chi connectivity index (χ4n) is 4.31. The standard InChI is InChI=1S/C20H31N3O2S/c1-3-21-20(25)18-10-17(22-19(24)16-9-14(2)26-13-16)12-23(18)11-15-7-5-4-6-8-15/h9,13,15,17-18H,3-8,10-12H2,1-2H3,(H,21,25)(H,22,24). The topological polar surface area (TPSA) is 61.4 Å². The van der Waals surface area contributed by atoms with E-state index in [-0.39, 0.29) is 23.9 Å². The second-order valence-electron chi connectivity index (χ2n) is 7.72. The maximum Gasteiger partial charge on any atom is 0.252 e. The zero-order valence-electron chi connectivity index (χ0n) is 15.9. The molecular weight excluding hydrogens is 346 g/mol. The van der Waals surface area contributed by atoms with Crippen LogP contribution in [0.5, 0.6) is 0 Å². The Bertz CT molecular complexity index is 624. The second kappa shape index (κ2) is 9.00. The van der Waals surface area contributed by atoms with Crippen molar-refractivity contribution in [3.8, 4) is 0 Å². The molecule has 2 fully saturated rings. The van der Waals surface area contributed by atoms with E-state index in [9.17, 15) is 9.59 Å². The molecule has 2 atom stereocenters. The van der Waals surface area contributed by atoms with Gasteiger partial charge in [-0.15, -0.1) is 11.3 Å². The average Bonchev–Trinajstić information content (AvgIpc) is 3.22. The van der Waals surface area contributed by atoms with Crippen LogP contribution in [0.1, 0.15) is 60.7 Å². The minimum atomic E-state index is -0.119. The van der Waals surface area contributed by atoms with E-state index in [4.69, 9.17) is 0 Å². The van der Waals surface area contributed by atoms with Gasteiger partial charge in [0.2, 0.25) is 5.91 Å². The zero-order valence-corrected chi connectivity index (χ0v) is 16.7. The molecule has 2 amide bonds. The Labute approximate surface area is 160 Å². The molecule has 1 aliphatic heterocycles. The Morgan fingerprint density at radius 1 is 1.27 bits per heavy atom. The van der Waals surface area contributed by atoms with Crippen molar-refractivity contribution in [1.29, 1.82) is 0 Å². The molecular formula is C20H31N3O2S. The van der Waals surface area contributed by atoms with E-state index in [2.05, 4.69) is 15.5 Å². The second-order valence-corrected chi connectivity index (χ2v) is 8.84. The van der Waals surface area contributed by atoms with Crippen molar-refractivity contribution in [2.24, 2.45) is 5.92 Å². The average molecular weight is 378 g/mol. The highest BCUT2D eigenvalue weighted by atomic mass is 32.1. The fourth-order valence-corrected chi connectivity index (χ4v) is 4.99. The van der Waals surface area contributed by atoms with Crippen LogP contribution in [-0.4, -0.2) is 48.4 Å². The predicted octanol–water partition coefficient (Wildman–Crippen LogP) is 2.95. The third-order valence-electron chi connectivity index (χ3n) is 5.60. The van der Waals surface area contributed by atoms with Gasteiger partial charge in [-0.1, -0.05) is 19.3 Å². The van der Waals surface area contributed by atoms with Crippen LogP contribution < -0.4 is 10.6 Å². The van der Waals surface area contributed by atoms with Gasteiger partial charge >= 0.3 is 0 Å². The summed E-state index contributed by atoms with van der Waals surface area (Å²) in [7, 11) is 0. The van der Waals surface area contributed by atoms with Crippen molar-refractivity contribution in [3.05, 3.63) is 21.9 Å². The van der Waals surface area contributed by atoms with Gasteiger partial charge in [-0.2, -0.15) is 0 Å². The number of amides is 2. The Morgan fingerprint density at radius 3 is 2.69 bits per heavy atom. The lowest BCUT2D eigenvalue weighted by atomic mass is 9.89. The number of thiophene rings is 1. The lowest BCUT2D eigenvalue weighted by Crippen LogP contribution is -2.45. The van der Waals surface area contributed by atoms with Gasteiger partial charge in [0.1, 0.15) is 0 Å². The van der Waals surface area contributed by atoms with Crippen molar-refractivity contribution in [2.75, 3.05) is 19.6 Å². The smallest absolute Gasteiger partial charge is 0.252 e. The van der Waals surface area contributed by atoms with E-state index >= 15 is 0 Å². The van der Waals surface area contributed by atoms with E-state index in [0.717, 1.165) is 23.5 Å². The molecule has 144 valence electrons. The molecule has 0 spiro atoms. The quantitative estimate of drug-likeness (QED) is 0.801. The lowest BCUT2D eigenvalue weighted by Gasteiger charge is -2.30. The first-order chi connectivity index (χ1) is 12.6. The van der Waals surface area contributed by atoms with Crippen LogP contribution in [0, 0.1) is 12.8 Å². The largest absolute Gasteiger partial charge is 0.355 e. The Balaban J connectivity index is 1.62. The summed E-state index contributed by atoms with van der Waals surface area (Å²) < 4.78 is 0. The summed E-state index contributed by atoms with van der Waals surface area (Å²) in [5, 5.41) is 8.02. The zero-order chi connectivity index (χ0) is 18.5. The molecule has 2 heterocycles. The highest BCUT2D eigenvalue weighted by Gasteiger charge is 2.38. The lowest BCUT2D eigenvalue weighted by molar-refractivity contribution is -0.125. The highest BCUT2D eigenvalue weighted by molar-refractivity contribution is 7.10. The van der Waals surface area contributed by atoms with Crippen LogP contribution in [0.3, 0.4) is 0 Å². The summed E-state index contributed by atoms with van der Waals surface area (Å²) in [4.78, 5) is 28.5. The van der Waals surface area contributed by atoms with Crippen LogP contribution in [0.2, 0.25) is 0 Å². The Hall–Kier alpha value is -1.40. The molecule has 1 aromatic heterocycles. The number of hydrogen-bond acceptors (Lipinski definition) is 4. The first-order valence-electron chi connectivity index (χ1n) is 9.94. The number of hydrogen-bond donors (Lipinski definition) is 2.